The minimum Gasteiger partial charge on any atom is -0.488 e. The van der Waals surface area contributed by atoms with Crippen LogP contribution < -0.4 is 14.8 Å². The standard InChI is InChI=1S/C37H32FN3O6/c1-41(2)30-25-14-21-13-22-27(32(24-16-39-15-23(24)29(22)38)44-17-19-9-5-3-6-10-19)31(42)26(21)35-37(25,46-35)34(43)28-33(30)47-40-36(28)45-18-20-11-7-4-8-12-20/h3-12,21,25,30,39H,13-18H2,1-2H3/t21-,25-,30-,37+/m0/s1. The molecule has 9 nitrogen and oxygen atoms in total. The number of hydrogen-bond acceptors (Lipinski definition) is 9. The Morgan fingerprint density at radius 2 is 1.62 bits per heavy atom. The number of nitrogens with one attached hydrogen (secondary N) is 1. The van der Waals surface area contributed by atoms with Gasteiger partial charge >= 0.3 is 0 Å². The van der Waals surface area contributed by atoms with Crippen LogP contribution >= 0.6 is 0 Å². The van der Waals surface area contributed by atoms with E-state index in [1.165, 1.54) is 0 Å². The number of benzene rings is 3. The van der Waals surface area contributed by atoms with Gasteiger partial charge in [0.15, 0.2) is 17.3 Å². The molecule has 3 aromatic carbocycles. The number of rotatable bonds is 7. The summed E-state index contributed by atoms with van der Waals surface area (Å²) in [5, 5.41) is 7.43. The van der Waals surface area contributed by atoms with Crippen LogP contribution in [0.5, 0.6) is 11.6 Å². The first-order chi connectivity index (χ1) is 22.9. The van der Waals surface area contributed by atoms with Gasteiger partial charge in [-0.05, 0) is 49.1 Å². The number of Topliss-reactive ketones (excluding diaryl/α,β-unsaturated/α-hetero) is 2. The SMILES string of the molecule is CN(C)[C@@H]1c2onc(OCc3ccccc3)c2C(=O)[C@@]23OC2=C2C(=O)c4c(c(F)c5c(c4OCc4ccccc4)CNC5)C[C@H]2C[C@@H]13. The van der Waals surface area contributed by atoms with Crippen molar-refractivity contribution in [3.05, 3.63) is 123 Å². The molecule has 5 aliphatic rings. The number of aromatic nitrogens is 1. The maximum atomic E-state index is 16.2. The van der Waals surface area contributed by atoms with Crippen LogP contribution in [0.4, 0.5) is 4.39 Å². The van der Waals surface area contributed by atoms with Gasteiger partial charge in [-0.3, -0.25) is 14.5 Å². The average Bonchev–Trinajstić information content (AvgIpc) is 3.40. The van der Waals surface area contributed by atoms with Crippen molar-refractivity contribution in [3.63, 3.8) is 0 Å². The monoisotopic (exact) mass is 633 g/mol. The van der Waals surface area contributed by atoms with Crippen molar-refractivity contribution in [2.75, 3.05) is 14.1 Å². The highest BCUT2D eigenvalue weighted by atomic mass is 19.1. The second kappa shape index (κ2) is 10.4. The Bertz CT molecular complexity index is 2010. The van der Waals surface area contributed by atoms with Gasteiger partial charge in [0.2, 0.25) is 11.4 Å². The molecule has 1 spiro atoms. The molecule has 1 saturated heterocycles. The Balaban J connectivity index is 1.13. The Morgan fingerprint density at radius 1 is 0.936 bits per heavy atom. The van der Waals surface area contributed by atoms with Gasteiger partial charge in [0.1, 0.15) is 30.3 Å². The number of ketones is 2. The van der Waals surface area contributed by atoms with Crippen LogP contribution in [0.25, 0.3) is 0 Å². The maximum absolute atomic E-state index is 16.2. The molecular formula is C37H32FN3O6. The molecule has 1 fully saturated rings. The zero-order valence-corrected chi connectivity index (χ0v) is 26.0. The quantitative estimate of drug-likeness (QED) is 0.265. The second-order valence-corrected chi connectivity index (χ2v) is 13.2. The summed E-state index contributed by atoms with van der Waals surface area (Å²) in [6.07, 6.45) is 0.744. The smallest absolute Gasteiger partial charge is 0.265 e. The first-order valence-electron chi connectivity index (χ1n) is 16.0. The number of hydrogen-bond donors (Lipinski definition) is 1. The lowest BCUT2D eigenvalue weighted by molar-refractivity contribution is 0.0484. The summed E-state index contributed by atoms with van der Waals surface area (Å²) in [6.45, 7) is 1.22. The van der Waals surface area contributed by atoms with Gasteiger partial charge in [0.05, 0.1) is 11.6 Å². The highest BCUT2D eigenvalue weighted by Crippen LogP contribution is 2.66. The van der Waals surface area contributed by atoms with Crippen LogP contribution in [0, 0.1) is 17.7 Å². The van der Waals surface area contributed by atoms with E-state index < -0.39 is 5.60 Å². The van der Waals surface area contributed by atoms with E-state index in [4.69, 9.17) is 18.7 Å². The first-order valence-corrected chi connectivity index (χ1v) is 16.0. The molecule has 1 aromatic heterocycles. The van der Waals surface area contributed by atoms with Crippen molar-refractivity contribution < 1.29 is 32.7 Å². The van der Waals surface area contributed by atoms with Crippen molar-refractivity contribution >= 4 is 11.6 Å². The van der Waals surface area contributed by atoms with Gasteiger partial charge in [-0.15, -0.1) is 0 Å². The number of nitrogens with zero attached hydrogens (tertiary/aromatic N) is 2. The molecule has 3 heterocycles. The van der Waals surface area contributed by atoms with Crippen molar-refractivity contribution in [3.8, 4) is 11.6 Å². The topological polar surface area (TPSA) is 106 Å². The van der Waals surface area contributed by atoms with Gasteiger partial charge in [-0.2, -0.15) is 0 Å². The third-order valence-electron chi connectivity index (χ3n) is 10.4. The van der Waals surface area contributed by atoms with Crippen LogP contribution in [0.3, 0.4) is 0 Å². The van der Waals surface area contributed by atoms with E-state index in [-0.39, 0.29) is 65.5 Å². The average molecular weight is 634 g/mol. The van der Waals surface area contributed by atoms with Gasteiger partial charge in [0, 0.05) is 41.3 Å². The molecule has 0 bridgehead atoms. The number of epoxide rings is 1. The van der Waals surface area contributed by atoms with Gasteiger partial charge in [0.25, 0.3) is 5.88 Å². The van der Waals surface area contributed by atoms with E-state index in [9.17, 15) is 9.59 Å². The second-order valence-electron chi connectivity index (χ2n) is 13.2. The predicted octanol–water partition coefficient (Wildman–Crippen LogP) is 5.47. The molecule has 2 aliphatic heterocycles. The molecule has 4 atom stereocenters. The molecule has 0 radical (unpaired) electrons. The molecular weight excluding hydrogens is 601 g/mol. The van der Waals surface area contributed by atoms with Crippen LogP contribution in [-0.4, -0.2) is 41.3 Å². The molecule has 0 saturated carbocycles. The zero-order valence-electron chi connectivity index (χ0n) is 26.0. The number of carbonyl (C=O) groups excluding carboxylic acids is 2. The van der Waals surface area contributed by atoms with Gasteiger partial charge in [-0.1, -0.05) is 60.7 Å². The summed E-state index contributed by atoms with van der Waals surface area (Å²) in [5.74, 6) is -0.365. The molecule has 238 valence electrons. The summed E-state index contributed by atoms with van der Waals surface area (Å²) in [6, 6.07) is 18.9. The third-order valence-corrected chi connectivity index (χ3v) is 10.4. The van der Waals surface area contributed by atoms with E-state index in [1.54, 1.807) is 0 Å². The molecule has 0 amide bonds. The third kappa shape index (κ3) is 4.04. The van der Waals surface area contributed by atoms with E-state index in [2.05, 4.69) is 10.5 Å². The van der Waals surface area contributed by atoms with Crippen molar-refractivity contribution in [2.24, 2.45) is 11.8 Å². The molecule has 3 aliphatic carbocycles. The Kier molecular flexibility index (Phi) is 6.26. The largest absolute Gasteiger partial charge is 0.488 e. The molecule has 10 heteroatoms. The lowest BCUT2D eigenvalue weighted by Gasteiger charge is -2.41. The highest BCUT2D eigenvalue weighted by molar-refractivity contribution is 6.18. The number of ether oxygens (including phenoxy) is 3. The van der Waals surface area contributed by atoms with Crippen LogP contribution in [0.1, 0.15) is 66.8 Å². The number of fused-ring (bicyclic) bond motifs is 4. The van der Waals surface area contributed by atoms with E-state index >= 15 is 4.39 Å². The minimum absolute atomic E-state index is 0.109. The lowest BCUT2D eigenvalue weighted by Crippen LogP contribution is -2.49. The van der Waals surface area contributed by atoms with E-state index in [0.717, 1.165) is 11.1 Å². The molecule has 0 unspecified atom stereocenters. The summed E-state index contributed by atoms with van der Waals surface area (Å²) in [4.78, 5) is 31.1. The number of halogens is 1. The summed E-state index contributed by atoms with van der Waals surface area (Å²) in [5.41, 5.74) is 3.07. The van der Waals surface area contributed by atoms with E-state index in [0.29, 0.717) is 65.5 Å². The Labute approximate surface area is 270 Å². The van der Waals surface area contributed by atoms with E-state index in [1.807, 2.05) is 79.7 Å². The first kappa shape index (κ1) is 28.4. The summed E-state index contributed by atoms with van der Waals surface area (Å²) < 4.78 is 40.8. The maximum Gasteiger partial charge on any atom is 0.265 e. The molecule has 1 N–H and O–H groups in total. The number of allylic oxidation sites excluding steroid dienone is 1. The highest BCUT2D eigenvalue weighted by Gasteiger charge is 2.75. The summed E-state index contributed by atoms with van der Waals surface area (Å²) in [7, 11) is 3.83. The van der Waals surface area contributed by atoms with Crippen LogP contribution in [0.15, 0.2) is 76.5 Å². The van der Waals surface area contributed by atoms with Crippen LogP contribution in [-0.2, 0) is 37.5 Å². The molecule has 9 rings (SSSR count). The lowest BCUT2D eigenvalue weighted by atomic mass is 9.61. The fourth-order valence-corrected chi connectivity index (χ4v) is 8.27. The van der Waals surface area contributed by atoms with Gasteiger partial charge in [-0.25, -0.2) is 4.39 Å². The fraction of sp³-hybridized carbons (Fsp3) is 0.324. The van der Waals surface area contributed by atoms with Gasteiger partial charge < -0.3 is 24.1 Å². The fourth-order valence-electron chi connectivity index (χ4n) is 8.27. The molecule has 47 heavy (non-hydrogen) atoms. The van der Waals surface area contributed by atoms with Crippen LogP contribution in [0.2, 0.25) is 0 Å². The van der Waals surface area contributed by atoms with Crippen molar-refractivity contribution in [2.45, 2.75) is 50.8 Å². The summed E-state index contributed by atoms with van der Waals surface area (Å²) >= 11 is 0. The zero-order chi connectivity index (χ0) is 32.0. The number of carbonyl (C=O) groups is 2. The van der Waals surface area contributed by atoms with Crippen molar-refractivity contribution in [1.82, 2.24) is 15.4 Å². The molecule has 4 aromatic rings. The Hall–Kier alpha value is -4.80. The predicted molar refractivity (Wildman–Crippen MR) is 166 cm³/mol. The van der Waals surface area contributed by atoms with Crippen molar-refractivity contribution in [1.29, 1.82) is 0 Å². The minimum atomic E-state index is -1.33. The normalized spacial score (nSPS) is 24.9. The Morgan fingerprint density at radius 3 is 2.32 bits per heavy atom.